The molecule has 3 atom stereocenters. The number of piperidine rings is 1. The average Bonchev–Trinajstić information content (AvgIpc) is 2.87. The van der Waals surface area contributed by atoms with Gasteiger partial charge >= 0.3 is 0 Å². The van der Waals surface area contributed by atoms with Gasteiger partial charge in [0.15, 0.2) is 0 Å². The Kier molecular flexibility index (Phi) is 6.10. The maximum absolute atomic E-state index is 12.5. The minimum atomic E-state index is 0.201. The molecule has 1 amide bonds. The fourth-order valence-electron chi connectivity index (χ4n) is 4.41. The van der Waals surface area contributed by atoms with E-state index in [9.17, 15) is 4.79 Å². The summed E-state index contributed by atoms with van der Waals surface area (Å²) in [6.45, 7) is 9.67. The van der Waals surface area contributed by atoms with Crippen molar-refractivity contribution >= 4 is 5.91 Å². The van der Waals surface area contributed by atoms with Crippen LogP contribution in [0.2, 0.25) is 0 Å². The topological polar surface area (TPSA) is 63.1 Å². The molecule has 1 aromatic rings. The van der Waals surface area contributed by atoms with Crippen LogP contribution in [0.25, 0.3) is 0 Å². The molecule has 0 spiro atoms. The molecule has 0 radical (unpaired) electrons. The van der Waals surface area contributed by atoms with Crippen LogP contribution in [0.1, 0.15) is 57.1 Å². The van der Waals surface area contributed by atoms with Gasteiger partial charge in [0, 0.05) is 19.1 Å². The van der Waals surface area contributed by atoms with Crippen LogP contribution in [0, 0.1) is 25.7 Å². The van der Waals surface area contributed by atoms with E-state index in [1.807, 2.05) is 18.5 Å². The van der Waals surface area contributed by atoms with Crippen LogP contribution in [0.15, 0.2) is 0 Å². The lowest BCUT2D eigenvalue weighted by Crippen LogP contribution is -2.48. The van der Waals surface area contributed by atoms with Crippen molar-refractivity contribution in [3.8, 4) is 0 Å². The molecule has 2 fully saturated rings. The predicted octanol–water partition coefficient (Wildman–Crippen LogP) is 2.30. The van der Waals surface area contributed by atoms with Gasteiger partial charge in [-0.25, -0.2) is 9.67 Å². The van der Waals surface area contributed by atoms with Gasteiger partial charge in [-0.15, -0.1) is 0 Å². The van der Waals surface area contributed by atoms with E-state index in [2.05, 4.69) is 27.2 Å². The molecule has 1 saturated heterocycles. The second-order valence-electron chi connectivity index (χ2n) is 8.07. The summed E-state index contributed by atoms with van der Waals surface area (Å²) in [7, 11) is 0. The Morgan fingerprint density at radius 2 is 2.00 bits per heavy atom. The third-order valence-electron chi connectivity index (χ3n) is 5.82. The lowest BCUT2D eigenvalue weighted by atomic mass is 9.86. The molecule has 2 aliphatic rings. The van der Waals surface area contributed by atoms with E-state index in [0.717, 1.165) is 44.1 Å². The van der Waals surface area contributed by atoms with Gasteiger partial charge in [0.25, 0.3) is 0 Å². The van der Waals surface area contributed by atoms with Crippen LogP contribution in [-0.2, 0) is 11.3 Å². The van der Waals surface area contributed by atoms with Gasteiger partial charge in [0.1, 0.15) is 11.6 Å². The van der Waals surface area contributed by atoms with Crippen molar-refractivity contribution in [1.29, 1.82) is 0 Å². The normalized spacial score (nSPS) is 28.0. The summed E-state index contributed by atoms with van der Waals surface area (Å²) in [6.07, 6.45) is 7.30. The quantitative estimate of drug-likeness (QED) is 0.888. The van der Waals surface area contributed by atoms with Crippen LogP contribution in [0.3, 0.4) is 0 Å². The number of hydrogen-bond donors (Lipinski definition) is 1. The maximum Gasteiger partial charge on any atom is 0.234 e. The Hall–Kier alpha value is -1.43. The SMILES string of the molecule is Cc1nc(C)n(C[C@@H]2CCCN(CC(=O)N[C@H]3CCCC[C@@H]3C)C2)n1. The monoisotopic (exact) mass is 347 g/mol. The lowest BCUT2D eigenvalue weighted by molar-refractivity contribution is -0.124. The summed E-state index contributed by atoms with van der Waals surface area (Å²) in [5, 5.41) is 7.77. The number of nitrogens with one attached hydrogen (secondary N) is 1. The summed E-state index contributed by atoms with van der Waals surface area (Å²) in [6, 6.07) is 0.377. The molecule has 1 aliphatic carbocycles. The first-order valence-corrected chi connectivity index (χ1v) is 9.91. The van der Waals surface area contributed by atoms with Crippen molar-refractivity contribution in [2.45, 2.75) is 71.9 Å². The Labute approximate surface area is 151 Å². The molecule has 1 aliphatic heterocycles. The second kappa shape index (κ2) is 8.30. The summed E-state index contributed by atoms with van der Waals surface area (Å²) in [5.74, 6) is 3.19. The first kappa shape index (κ1) is 18.4. The van der Waals surface area contributed by atoms with Crippen molar-refractivity contribution in [2.75, 3.05) is 19.6 Å². The minimum absolute atomic E-state index is 0.201. The van der Waals surface area contributed by atoms with Crippen molar-refractivity contribution in [2.24, 2.45) is 11.8 Å². The highest BCUT2D eigenvalue weighted by Crippen LogP contribution is 2.24. The molecule has 0 aromatic carbocycles. The molecule has 25 heavy (non-hydrogen) atoms. The molecule has 0 unspecified atom stereocenters. The number of hydrogen-bond acceptors (Lipinski definition) is 4. The minimum Gasteiger partial charge on any atom is -0.352 e. The lowest BCUT2D eigenvalue weighted by Gasteiger charge is -2.34. The predicted molar refractivity (Wildman–Crippen MR) is 98.2 cm³/mol. The molecule has 1 aromatic heterocycles. The standard InChI is InChI=1S/C19H33N5O/c1-14-7-4-5-9-18(14)21-19(25)13-23-10-6-8-17(11-23)12-24-16(3)20-15(2)22-24/h14,17-18H,4-13H2,1-3H3,(H,21,25)/t14-,17+,18-/m0/s1. The zero-order valence-electron chi connectivity index (χ0n) is 16.0. The highest BCUT2D eigenvalue weighted by Gasteiger charge is 2.26. The molecular formula is C19H33N5O. The number of carbonyl (C=O) groups excluding carboxylic acids is 1. The number of aryl methyl sites for hydroxylation is 2. The Morgan fingerprint density at radius 3 is 2.72 bits per heavy atom. The van der Waals surface area contributed by atoms with Crippen molar-refractivity contribution in [3.05, 3.63) is 11.6 Å². The number of amides is 1. The molecular weight excluding hydrogens is 314 g/mol. The van der Waals surface area contributed by atoms with Crippen molar-refractivity contribution in [1.82, 2.24) is 25.0 Å². The molecule has 1 saturated carbocycles. The molecule has 1 N–H and O–H groups in total. The largest absolute Gasteiger partial charge is 0.352 e. The number of carbonyl (C=O) groups is 1. The van der Waals surface area contributed by atoms with E-state index < -0.39 is 0 Å². The zero-order valence-corrected chi connectivity index (χ0v) is 16.0. The van der Waals surface area contributed by atoms with E-state index in [-0.39, 0.29) is 5.91 Å². The van der Waals surface area contributed by atoms with E-state index in [4.69, 9.17) is 0 Å². The molecule has 6 nitrogen and oxygen atoms in total. The fourth-order valence-corrected chi connectivity index (χ4v) is 4.41. The number of aromatic nitrogens is 3. The van der Waals surface area contributed by atoms with Gasteiger partial charge < -0.3 is 5.32 Å². The summed E-state index contributed by atoms with van der Waals surface area (Å²) in [4.78, 5) is 19.2. The molecule has 0 bridgehead atoms. The van der Waals surface area contributed by atoms with E-state index in [0.29, 0.717) is 24.4 Å². The van der Waals surface area contributed by atoms with Gasteiger partial charge in [-0.2, -0.15) is 5.10 Å². The van der Waals surface area contributed by atoms with Crippen LogP contribution >= 0.6 is 0 Å². The van der Waals surface area contributed by atoms with Crippen LogP contribution in [-0.4, -0.2) is 51.2 Å². The van der Waals surface area contributed by atoms with Gasteiger partial charge in [-0.05, 0) is 57.9 Å². The highest BCUT2D eigenvalue weighted by atomic mass is 16.2. The van der Waals surface area contributed by atoms with E-state index >= 15 is 0 Å². The molecule has 3 rings (SSSR count). The molecule has 6 heteroatoms. The van der Waals surface area contributed by atoms with Crippen LogP contribution in [0.4, 0.5) is 0 Å². The smallest absolute Gasteiger partial charge is 0.234 e. The fraction of sp³-hybridized carbons (Fsp3) is 0.842. The maximum atomic E-state index is 12.5. The second-order valence-corrected chi connectivity index (χ2v) is 8.07. The third kappa shape index (κ3) is 5.03. The summed E-state index contributed by atoms with van der Waals surface area (Å²) < 4.78 is 2.02. The first-order chi connectivity index (χ1) is 12.0. The number of likely N-dealkylation sites (tertiary alicyclic amines) is 1. The van der Waals surface area contributed by atoms with Gasteiger partial charge in [-0.3, -0.25) is 9.69 Å². The summed E-state index contributed by atoms with van der Waals surface area (Å²) in [5.41, 5.74) is 0. The third-order valence-corrected chi connectivity index (χ3v) is 5.82. The van der Waals surface area contributed by atoms with Crippen LogP contribution in [0.5, 0.6) is 0 Å². The van der Waals surface area contributed by atoms with E-state index in [1.165, 1.54) is 25.7 Å². The van der Waals surface area contributed by atoms with E-state index in [1.54, 1.807) is 0 Å². The van der Waals surface area contributed by atoms with Gasteiger partial charge in [-0.1, -0.05) is 19.8 Å². The molecule has 2 heterocycles. The number of rotatable bonds is 5. The van der Waals surface area contributed by atoms with Gasteiger partial charge in [0.05, 0.1) is 6.54 Å². The first-order valence-electron chi connectivity index (χ1n) is 9.91. The molecule has 140 valence electrons. The Bertz CT molecular complexity index is 584. The Balaban J connectivity index is 1.47. The zero-order chi connectivity index (χ0) is 17.8. The van der Waals surface area contributed by atoms with Crippen molar-refractivity contribution in [3.63, 3.8) is 0 Å². The summed E-state index contributed by atoms with van der Waals surface area (Å²) >= 11 is 0. The van der Waals surface area contributed by atoms with Crippen LogP contribution < -0.4 is 5.32 Å². The number of nitrogens with zero attached hydrogens (tertiary/aromatic N) is 4. The Morgan fingerprint density at radius 1 is 1.20 bits per heavy atom. The average molecular weight is 348 g/mol. The van der Waals surface area contributed by atoms with Gasteiger partial charge in [0.2, 0.25) is 5.91 Å². The highest BCUT2D eigenvalue weighted by molar-refractivity contribution is 5.78. The van der Waals surface area contributed by atoms with Crippen molar-refractivity contribution < 1.29 is 4.79 Å².